The van der Waals surface area contributed by atoms with Crippen molar-refractivity contribution in [1.82, 2.24) is 0 Å². The van der Waals surface area contributed by atoms with Gasteiger partial charge in [0, 0.05) is 6.42 Å². The van der Waals surface area contributed by atoms with Gasteiger partial charge in [-0.1, -0.05) is 33.8 Å². The molecule has 0 N–H and O–H groups in total. The van der Waals surface area contributed by atoms with E-state index in [1.54, 1.807) is 0 Å². The van der Waals surface area contributed by atoms with Crippen LogP contribution >= 0.6 is 0 Å². The molecule has 0 saturated carbocycles. The van der Waals surface area contributed by atoms with Crippen LogP contribution in [0.3, 0.4) is 0 Å². The van der Waals surface area contributed by atoms with Gasteiger partial charge in [-0.2, -0.15) is 0 Å². The molecule has 0 spiro atoms. The van der Waals surface area contributed by atoms with Crippen molar-refractivity contribution in [3.05, 3.63) is 11.6 Å². The number of Topliss-reactive ketones (excluding diaryl/α,β-unsaturated/α-hetero) is 1. The Morgan fingerprint density at radius 3 is 2.53 bits per heavy atom. The number of rotatable bonds is 3. The summed E-state index contributed by atoms with van der Waals surface area (Å²) in [4.78, 5) is 12.0. The number of carbonyl (C=O) groups is 1. The molecule has 1 unspecified atom stereocenters. The van der Waals surface area contributed by atoms with Crippen molar-refractivity contribution in [3.8, 4) is 0 Å². The molecular weight excluding hydrogens is 184 g/mol. The van der Waals surface area contributed by atoms with E-state index in [1.165, 1.54) is 12.8 Å². The Bertz CT molecular complexity index is 255. The van der Waals surface area contributed by atoms with E-state index in [9.17, 15) is 4.79 Å². The largest absolute Gasteiger partial charge is 0.295 e. The lowest BCUT2D eigenvalue weighted by Crippen LogP contribution is -2.21. The van der Waals surface area contributed by atoms with Crippen LogP contribution in [0.5, 0.6) is 0 Å². The van der Waals surface area contributed by atoms with Crippen LogP contribution in [-0.4, -0.2) is 5.78 Å². The molecule has 15 heavy (non-hydrogen) atoms. The van der Waals surface area contributed by atoms with Gasteiger partial charge in [0.15, 0.2) is 5.78 Å². The van der Waals surface area contributed by atoms with Crippen molar-refractivity contribution in [2.75, 3.05) is 0 Å². The molecule has 0 aromatic carbocycles. The molecular formula is C14H24O. The second kappa shape index (κ2) is 4.96. The Morgan fingerprint density at radius 2 is 2.07 bits per heavy atom. The summed E-state index contributed by atoms with van der Waals surface area (Å²) >= 11 is 0. The van der Waals surface area contributed by atoms with Crippen LogP contribution < -0.4 is 0 Å². The first-order chi connectivity index (χ1) is 6.91. The van der Waals surface area contributed by atoms with Gasteiger partial charge in [0.1, 0.15) is 0 Å². The molecule has 0 aromatic rings. The number of ketones is 1. The van der Waals surface area contributed by atoms with Crippen molar-refractivity contribution < 1.29 is 4.79 Å². The van der Waals surface area contributed by atoms with Crippen LogP contribution in [0.4, 0.5) is 0 Å². The molecule has 86 valence electrons. The van der Waals surface area contributed by atoms with Gasteiger partial charge >= 0.3 is 0 Å². The fraction of sp³-hybridized carbons (Fsp3) is 0.786. The number of allylic oxidation sites excluding steroid dienone is 2. The van der Waals surface area contributed by atoms with E-state index in [-0.39, 0.29) is 5.41 Å². The van der Waals surface area contributed by atoms with Crippen molar-refractivity contribution in [2.24, 2.45) is 11.3 Å². The lowest BCUT2D eigenvalue weighted by atomic mass is 9.78. The van der Waals surface area contributed by atoms with E-state index in [1.807, 2.05) is 0 Å². The van der Waals surface area contributed by atoms with Crippen LogP contribution in [0.1, 0.15) is 59.8 Å². The Kier molecular flexibility index (Phi) is 4.12. The second-order valence-corrected chi connectivity index (χ2v) is 5.87. The van der Waals surface area contributed by atoms with Gasteiger partial charge in [0.05, 0.1) is 0 Å². The zero-order valence-corrected chi connectivity index (χ0v) is 10.6. The quantitative estimate of drug-likeness (QED) is 0.681. The van der Waals surface area contributed by atoms with Gasteiger partial charge in [0.25, 0.3) is 0 Å². The van der Waals surface area contributed by atoms with Crippen molar-refractivity contribution in [3.63, 3.8) is 0 Å². The summed E-state index contributed by atoms with van der Waals surface area (Å²) in [5.41, 5.74) is 1.34. The Balaban J connectivity index is 2.52. The van der Waals surface area contributed by atoms with Crippen LogP contribution in [-0.2, 0) is 4.79 Å². The van der Waals surface area contributed by atoms with Crippen LogP contribution in [0, 0.1) is 11.3 Å². The standard InChI is InChI=1S/C14H24O/c1-11(14(2,3)4)10-13(15)12-8-6-5-7-9-12/h8,11H,5-7,9-10H2,1-4H3. The van der Waals surface area contributed by atoms with Crippen LogP contribution in [0.2, 0.25) is 0 Å². The van der Waals surface area contributed by atoms with E-state index < -0.39 is 0 Å². The maximum absolute atomic E-state index is 12.0. The average Bonchev–Trinajstić information content (AvgIpc) is 2.17. The second-order valence-electron chi connectivity index (χ2n) is 5.87. The van der Waals surface area contributed by atoms with Crippen LogP contribution in [0.15, 0.2) is 11.6 Å². The maximum Gasteiger partial charge on any atom is 0.158 e. The molecule has 0 heterocycles. The van der Waals surface area contributed by atoms with E-state index in [4.69, 9.17) is 0 Å². The Hall–Kier alpha value is -0.590. The van der Waals surface area contributed by atoms with Gasteiger partial charge in [-0.15, -0.1) is 0 Å². The van der Waals surface area contributed by atoms with Gasteiger partial charge in [-0.25, -0.2) is 0 Å². The summed E-state index contributed by atoms with van der Waals surface area (Å²) in [5, 5.41) is 0. The average molecular weight is 208 g/mol. The van der Waals surface area contributed by atoms with Crippen molar-refractivity contribution in [1.29, 1.82) is 0 Å². The minimum Gasteiger partial charge on any atom is -0.295 e. The maximum atomic E-state index is 12.0. The summed E-state index contributed by atoms with van der Waals surface area (Å²) in [6, 6.07) is 0. The fourth-order valence-corrected chi connectivity index (χ4v) is 1.81. The normalized spacial score (nSPS) is 19.6. The number of hydrogen-bond acceptors (Lipinski definition) is 1. The lowest BCUT2D eigenvalue weighted by molar-refractivity contribution is -0.117. The van der Waals surface area contributed by atoms with E-state index in [2.05, 4.69) is 33.8 Å². The van der Waals surface area contributed by atoms with Gasteiger partial charge < -0.3 is 0 Å². The van der Waals surface area contributed by atoms with E-state index in [0.717, 1.165) is 24.8 Å². The highest BCUT2D eigenvalue weighted by Gasteiger charge is 2.24. The van der Waals surface area contributed by atoms with Gasteiger partial charge in [-0.05, 0) is 42.6 Å². The molecule has 1 nitrogen and oxygen atoms in total. The first-order valence-corrected chi connectivity index (χ1v) is 6.13. The summed E-state index contributed by atoms with van der Waals surface area (Å²) < 4.78 is 0. The highest BCUT2D eigenvalue weighted by molar-refractivity contribution is 5.95. The predicted molar refractivity (Wildman–Crippen MR) is 64.8 cm³/mol. The zero-order valence-electron chi connectivity index (χ0n) is 10.6. The van der Waals surface area contributed by atoms with Crippen LogP contribution in [0.25, 0.3) is 0 Å². The molecule has 0 saturated heterocycles. The Morgan fingerprint density at radius 1 is 1.40 bits per heavy atom. The lowest BCUT2D eigenvalue weighted by Gasteiger charge is -2.27. The third-order valence-electron chi connectivity index (χ3n) is 3.62. The SMILES string of the molecule is CC(CC(=O)C1=CCCCC1)C(C)(C)C. The monoisotopic (exact) mass is 208 g/mol. The first-order valence-electron chi connectivity index (χ1n) is 6.13. The highest BCUT2D eigenvalue weighted by atomic mass is 16.1. The first kappa shape index (κ1) is 12.5. The molecule has 0 aromatic heterocycles. The molecule has 1 rings (SSSR count). The van der Waals surface area contributed by atoms with E-state index in [0.29, 0.717) is 11.7 Å². The summed E-state index contributed by atoms with van der Waals surface area (Å²) in [6.45, 7) is 8.81. The molecule has 1 aliphatic carbocycles. The molecule has 1 heteroatoms. The molecule has 1 aliphatic rings. The third-order valence-corrected chi connectivity index (χ3v) is 3.62. The number of carbonyl (C=O) groups excluding carboxylic acids is 1. The molecule has 0 amide bonds. The molecule has 0 bridgehead atoms. The molecule has 0 aliphatic heterocycles. The minimum absolute atomic E-state index is 0.241. The fourth-order valence-electron chi connectivity index (χ4n) is 1.81. The minimum atomic E-state index is 0.241. The smallest absolute Gasteiger partial charge is 0.158 e. The molecule has 0 radical (unpaired) electrons. The summed E-state index contributed by atoms with van der Waals surface area (Å²) in [7, 11) is 0. The summed E-state index contributed by atoms with van der Waals surface area (Å²) in [6.07, 6.45) is 7.43. The predicted octanol–water partition coefficient (Wildman–Crippen LogP) is 4.13. The number of hydrogen-bond donors (Lipinski definition) is 0. The summed E-state index contributed by atoms with van der Waals surface area (Å²) in [5.74, 6) is 0.852. The van der Waals surface area contributed by atoms with Gasteiger partial charge in [-0.3, -0.25) is 4.79 Å². The van der Waals surface area contributed by atoms with Crippen molar-refractivity contribution >= 4 is 5.78 Å². The molecule has 0 fully saturated rings. The Labute approximate surface area is 93.9 Å². The zero-order chi connectivity index (χ0) is 11.5. The topological polar surface area (TPSA) is 17.1 Å². The van der Waals surface area contributed by atoms with Crippen molar-refractivity contribution in [2.45, 2.75) is 59.8 Å². The third kappa shape index (κ3) is 3.81. The molecule has 1 atom stereocenters. The van der Waals surface area contributed by atoms with Gasteiger partial charge in [0.2, 0.25) is 0 Å². The van der Waals surface area contributed by atoms with E-state index >= 15 is 0 Å². The highest BCUT2D eigenvalue weighted by Crippen LogP contribution is 2.30.